The van der Waals surface area contributed by atoms with Crippen LogP contribution in [0.15, 0.2) is 78.9 Å². The summed E-state index contributed by atoms with van der Waals surface area (Å²) in [6.07, 6.45) is -2.94. The number of carbonyl (C=O) groups is 2. The molecule has 1 fully saturated rings. The summed E-state index contributed by atoms with van der Waals surface area (Å²) in [5.74, 6) is -1.03. The van der Waals surface area contributed by atoms with Gasteiger partial charge in [-0.05, 0) is 49.7 Å². The molecule has 9 nitrogen and oxygen atoms in total. The van der Waals surface area contributed by atoms with Crippen molar-refractivity contribution in [3.05, 3.63) is 101 Å². The van der Waals surface area contributed by atoms with E-state index in [9.17, 15) is 19.8 Å². The second-order valence-corrected chi connectivity index (χ2v) is 11.2. The summed E-state index contributed by atoms with van der Waals surface area (Å²) in [5, 5.41) is 23.4. The topological polar surface area (TPSA) is 118 Å². The zero-order valence-corrected chi connectivity index (χ0v) is 25.3. The first-order valence-corrected chi connectivity index (χ1v) is 14.6. The van der Waals surface area contributed by atoms with Crippen molar-refractivity contribution in [3.63, 3.8) is 0 Å². The number of nitrogens with one attached hydrogen (secondary N) is 1. The van der Waals surface area contributed by atoms with Crippen LogP contribution in [0, 0.1) is 5.92 Å². The van der Waals surface area contributed by atoms with Gasteiger partial charge >= 0.3 is 5.97 Å². The van der Waals surface area contributed by atoms with E-state index in [2.05, 4.69) is 17.1 Å². The molecular formula is C34H42N2O7. The van der Waals surface area contributed by atoms with E-state index in [1.807, 2.05) is 74.6 Å². The van der Waals surface area contributed by atoms with Crippen LogP contribution in [0.4, 0.5) is 5.69 Å². The molecule has 3 aromatic carbocycles. The van der Waals surface area contributed by atoms with Gasteiger partial charge in [0.2, 0.25) is 0 Å². The summed E-state index contributed by atoms with van der Waals surface area (Å²) >= 11 is 0. The standard InChI is InChI=1S/C34H42N2O7/c1-21-30(19-36(5)22(2)31(39)26-10-7-6-8-11-26)42-34(43-32(21)27-16-14-25(20-37)15-17-27)28-12-9-13-29(18-28)35-33(40)23(3)41-24(4)38/h6-18,21-23,30-32,34,37,39H,19-20H2,1-5H3,(H,35,40)/t21-,22-,23-,30+,31-,32+,34+/m0/s1. The van der Waals surface area contributed by atoms with E-state index >= 15 is 0 Å². The molecule has 1 amide bonds. The smallest absolute Gasteiger partial charge is 0.303 e. The molecule has 0 spiro atoms. The summed E-state index contributed by atoms with van der Waals surface area (Å²) in [5.41, 5.74) is 3.86. The second-order valence-electron chi connectivity index (χ2n) is 11.2. The maximum absolute atomic E-state index is 12.6. The third kappa shape index (κ3) is 8.28. The van der Waals surface area contributed by atoms with Gasteiger partial charge in [0, 0.05) is 36.7 Å². The van der Waals surface area contributed by atoms with Gasteiger partial charge in [-0.2, -0.15) is 0 Å². The third-order valence-corrected chi connectivity index (χ3v) is 8.02. The summed E-state index contributed by atoms with van der Waals surface area (Å²) in [4.78, 5) is 25.9. The van der Waals surface area contributed by atoms with Crippen LogP contribution in [0.1, 0.15) is 68.4 Å². The Morgan fingerprint density at radius 2 is 1.67 bits per heavy atom. The Bertz CT molecular complexity index is 1350. The molecule has 9 heteroatoms. The zero-order chi connectivity index (χ0) is 31.1. The Labute approximate surface area is 253 Å². The fraction of sp³-hybridized carbons (Fsp3) is 0.412. The molecule has 1 aliphatic heterocycles. The number of esters is 1. The Kier molecular flexibility index (Phi) is 11.1. The lowest BCUT2D eigenvalue weighted by Crippen LogP contribution is -2.46. The second kappa shape index (κ2) is 14.7. The maximum atomic E-state index is 12.6. The molecule has 7 atom stereocenters. The number of hydrogen-bond acceptors (Lipinski definition) is 8. The van der Waals surface area contributed by atoms with E-state index in [0.717, 1.165) is 16.7 Å². The van der Waals surface area contributed by atoms with Crippen LogP contribution in [-0.4, -0.2) is 58.8 Å². The number of aliphatic hydroxyl groups excluding tert-OH is 2. The van der Waals surface area contributed by atoms with Gasteiger partial charge in [-0.25, -0.2) is 0 Å². The van der Waals surface area contributed by atoms with Gasteiger partial charge in [0.1, 0.15) is 0 Å². The molecule has 0 aliphatic carbocycles. The highest BCUT2D eigenvalue weighted by molar-refractivity contribution is 5.95. The minimum absolute atomic E-state index is 0.0449. The number of anilines is 1. The van der Waals surface area contributed by atoms with E-state index in [1.165, 1.54) is 13.8 Å². The van der Waals surface area contributed by atoms with Crippen LogP contribution < -0.4 is 5.32 Å². The zero-order valence-electron chi connectivity index (χ0n) is 25.3. The first-order valence-electron chi connectivity index (χ1n) is 14.6. The molecule has 3 aromatic rings. The van der Waals surface area contributed by atoms with Crippen molar-refractivity contribution in [2.24, 2.45) is 5.92 Å². The highest BCUT2D eigenvalue weighted by atomic mass is 16.7. The number of likely N-dealkylation sites (N-methyl/N-ethyl adjacent to an activating group) is 1. The van der Waals surface area contributed by atoms with Gasteiger partial charge in [-0.1, -0.05) is 73.7 Å². The number of aliphatic hydroxyl groups is 2. The Hall–Kier alpha value is -3.60. The number of carbonyl (C=O) groups excluding carboxylic acids is 2. The molecule has 0 unspecified atom stereocenters. The third-order valence-electron chi connectivity index (χ3n) is 8.02. The van der Waals surface area contributed by atoms with Gasteiger partial charge in [-0.15, -0.1) is 0 Å². The van der Waals surface area contributed by atoms with Crippen molar-refractivity contribution in [2.45, 2.75) is 71.0 Å². The molecule has 1 saturated heterocycles. The Morgan fingerprint density at radius 1 is 0.977 bits per heavy atom. The molecule has 0 saturated carbocycles. The van der Waals surface area contributed by atoms with E-state index in [-0.39, 0.29) is 30.8 Å². The van der Waals surface area contributed by atoms with Crippen LogP contribution in [0.25, 0.3) is 0 Å². The minimum Gasteiger partial charge on any atom is -0.453 e. The van der Waals surface area contributed by atoms with E-state index in [1.54, 1.807) is 18.2 Å². The van der Waals surface area contributed by atoms with Crippen LogP contribution in [0.5, 0.6) is 0 Å². The van der Waals surface area contributed by atoms with E-state index in [4.69, 9.17) is 14.2 Å². The van der Waals surface area contributed by atoms with Crippen LogP contribution in [-0.2, 0) is 30.4 Å². The van der Waals surface area contributed by atoms with Gasteiger partial charge < -0.3 is 29.7 Å². The predicted molar refractivity (Wildman–Crippen MR) is 163 cm³/mol. The van der Waals surface area contributed by atoms with Gasteiger partial charge in [0.15, 0.2) is 12.4 Å². The first-order chi connectivity index (χ1) is 20.6. The number of nitrogens with zero attached hydrogens (tertiary/aromatic N) is 1. The Morgan fingerprint density at radius 3 is 2.33 bits per heavy atom. The fourth-order valence-electron chi connectivity index (χ4n) is 5.26. The molecule has 0 radical (unpaired) electrons. The number of rotatable bonds is 11. The van der Waals surface area contributed by atoms with Gasteiger partial charge in [-0.3, -0.25) is 14.5 Å². The quantitative estimate of drug-likeness (QED) is 0.270. The average Bonchev–Trinajstić information content (AvgIpc) is 3.01. The SMILES string of the molecule is CC(=O)O[C@@H](C)C(=O)Nc1cccc([C@@H]2O[C@H](CN(C)[C@@H](C)[C@H](O)c3ccccc3)[C@H](C)[C@H](c3ccc(CO)cc3)O2)c1. The first kappa shape index (κ1) is 32.3. The van der Waals surface area contributed by atoms with Crippen LogP contribution in [0.3, 0.4) is 0 Å². The molecule has 4 rings (SSSR count). The number of amides is 1. The van der Waals surface area contributed by atoms with Crippen molar-refractivity contribution < 1.29 is 34.0 Å². The maximum Gasteiger partial charge on any atom is 0.303 e. The van der Waals surface area contributed by atoms with Crippen molar-refractivity contribution in [2.75, 3.05) is 18.9 Å². The predicted octanol–water partition coefficient (Wildman–Crippen LogP) is 4.91. The van der Waals surface area contributed by atoms with Crippen molar-refractivity contribution in [1.29, 1.82) is 0 Å². The molecule has 230 valence electrons. The minimum atomic E-state index is -0.941. The molecule has 0 bridgehead atoms. The van der Waals surface area contributed by atoms with E-state index < -0.39 is 30.4 Å². The van der Waals surface area contributed by atoms with Gasteiger partial charge in [0.25, 0.3) is 5.91 Å². The molecule has 1 aliphatic rings. The van der Waals surface area contributed by atoms with Gasteiger partial charge in [0.05, 0.1) is 24.9 Å². The van der Waals surface area contributed by atoms with Crippen molar-refractivity contribution in [3.8, 4) is 0 Å². The monoisotopic (exact) mass is 590 g/mol. The lowest BCUT2D eigenvalue weighted by atomic mass is 9.89. The molecule has 0 aromatic heterocycles. The molecule has 3 N–H and O–H groups in total. The lowest BCUT2D eigenvalue weighted by molar-refractivity contribution is -0.276. The van der Waals surface area contributed by atoms with Crippen molar-refractivity contribution >= 4 is 17.6 Å². The number of hydrogen-bond donors (Lipinski definition) is 3. The number of ether oxygens (including phenoxy) is 3. The van der Waals surface area contributed by atoms with Crippen LogP contribution >= 0.6 is 0 Å². The Balaban J connectivity index is 1.57. The fourth-order valence-corrected chi connectivity index (χ4v) is 5.26. The summed E-state index contributed by atoms with van der Waals surface area (Å²) in [6.45, 7) is 7.34. The largest absolute Gasteiger partial charge is 0.453 e. The van der Waals surface area contributed by atoms with E-state index in [0.29, 0.717) is 17.8 Å². The summed E-state index contributed by atoms with van der Waals surface area (Å²) in [7, 11) is 1.98. The molecule has 1 heterocycles. The molecule has 43 heavy (non-hydrogen) atoms. The molecular weight excluding hydrogens is 548 g/mol. The summed E-state index contributed by atoms with van der Waals surface area (Å²) < 4.78 is 18.1. The normalized spacial score (nSPS) is 22.4. The lowest BCUT2D eigenvalue weighted by Gasteiger charge is -2.43. The highest BCUT2D eigenvalue weighted by Gasteiger charge is 2.39. The highest BCUT2D eigenvalue weighted by Crippen LogP contribution is 2.42. The van der Waals surface area contributed by atoms with Crippen molar-refractivity contribution in [1.82, 2.24) is 4.90 Å². The average molecular weight is 591 g/mol. The summed E-state index contributed by atoms with van der Waals surface area (Å²) in [6, 6.07) is 24.3. The van der Waals surface area contributed by atoms with Crippen LogP contribution in [0.2, 0.25) is 0 Å². The number of benzene rings is 3.